The third-order valence-electron chi connectivity index (χ3n) is 6.60. The van der Waals surface area contributed by atoms with Crippen molar-refractivity contribution in [3.8, 4) is 5.69 Å². The lowest BCUT2D eigenvalue weighted by molar-refractivity contribution is -0.140. The number of ether oxygens (including phenoxy) is 1. The molecule has 0 saturated carbocycles. The number of hydrogen-bond acceptors (Lipinski definition) is 7. The monoisotopic (exact) mass is 476 g/mol. The van der Waals surface area contributed by atoms with Crippen LogP contribution in [0.2, 0.25) is 0 Å². The summed E-state index contributed by atoms with van der Waals surface area (Å²) in [6.07, 6.45) is 3.71. The molecule has 0 bridgehead atoms. The van der Waals surface area contributed by atoms with Crippen LogP contribution in [-0.4, -0.2) is 75.8 Å². The van der Waals surface area contributed by atoms with Crippen LogP contribution in [0.25, 0.3) is 11.4 Å². The predicted molar refractivity (Wildman–Crippen MR) is 128 cm³/mol. The number of rotatable bonds is 7. The molecule has 1 atom stereocenters. The third kappa shape index (κ3) is 4.40. The number of furan rings is 1. The van der Waals surface area contributed by atoms with Gasteiger partial charge in [0.15, 0.2) is 0 Å². The summed E-state index contributed by atoms with van der Waals surface area (Å²) in [6, 6.07) is 12.1. The van der Waals surface area contributed by atoms with Crippen molar-refractivity contribution in [1.29, 1.82) is 0 Å². The van der Waals surface area contributed by atoms with Crippen LogP contribution in [0.4, 0.5) is 0 Å². The van der Waals surface area contributed by atoms with Gasteiger partial charge in [0, 0.05) is 26.2 Å². The van der Waals surface area contributed by atoms with E-state index in [1.807, 2.05) is 37.3 Å². The molecular weight excluding hydrogens is 448 g/mol. The largest absolute Gasteiger partial charge is 0.507 e. The lowest BCUT2D eigenvalue weighted by Gasteiger charge is -2.28. The van der Waals surface area contributed by atoms with Gasteiger partial charge in [0.2, 0.25) is 0 Å². The van der Waals surface area contributed by atoms with Gasteiger partial charge in [-0.05, 0) is 37.6 Å². The van der Waals surface area contributed by atoms with Gasteiger partial charge in [0.05, 0.1) is 48.2 Å². The summed E-state index contributed by atoms with van der Waals surface area (Å²) in [7, 11) is 0. The lowest BCUT2D eigenvalue weighted by atomic mass is 9.99. The Hall–Kier alpha value is -3.69. The van der Waals surface area contributed by atoms with E-state index < -0.39 is 17.7 Å². The Morgan fingerprint density at radius 1 is 1.09 bits per heavy atom. The maximum atomic E-state index is 13.2. The zero-order valence-electron chi connectivity index (χ0n) is 19.6. The first-order chi connectivity index (χ1) is 17.1. The highest BCUT2D eigenvalue weighted by Gasteiger charge is 2.47. The van der Waals surface area contributed by atoms with E-state index in [1.165, 1.54) is 17.4 Å². The quantitative estimate of drug-likeness (QED) is 0.318. The van der Waals surface area contributed by atoms with Gasteiger partial charge >= 0.3 is 0 Å². The number of amides is 1. The lowest BCUT2D eigenvalue weighted by Crippen LogP contribution is -2.38. The number of carbonyl (C=O) groups is 2. The van der Waals surface area contributed by atoms with E-state index in [4.69, 9.17) is 9.15 Å². The summed E-state index contributed by atoms with van der Waals surface area (Å²) in [4.78, 5) is 30.1. The molecular formula is C26H28N4O5. The second-order valence-electron chi connectivity index (χ2n) is 8.71. The number of benzene rings is 1. The molecule has 4 heterocycles. The van der Waals surface area contributed by atoms with Gasteiger partial charge in [-0.3, -0.25) is 14.5 Å². The van der Waals surface area contributed by atoms with E-state index in [-0.39, 0.29) is 11.3 Å². The van der Waals surface area contributed by atoms with Crippen molar-refractivity contribution in [1.82, 2.24) is 19.6 Å². The average molecular weight is 477 g/mol. The Morgan fingerprint density at radius 3 is 2.57 bits per heavy atom. The minimum Gasteiger partial charge on any atom is -0.507 e. The molecule has 1 N–H and O–H groups in total. The summed E-state index contributed by atoms with van der Waals surface area (Å²) >= 11 is 0. The number of aliphatic hydroxyl groups excluding tert-OH is 1. The van der Waals surface area contributed by atoms with E-state index in [9.17, 15) is 14.7 Å². The van der Waals surface area contributed by atoms with Crippen LogP contribution in [0.5, 0.6) is 0 Å². The molecule has 0 spiro atoms. The maximum absolute atomic E-state index is 13.2. The number of ketones is 1. The summed E-state index contributed by atoms with van der Waals surface area (Å²) in [6.45, 7) is 6.08. The second kappa shape index (κ2) is 9.89. The van der Waals surface area contributed by atoms with Gasteiger partial charge in [-0.15, -0.1) is 0 Å². The number of para-hydroxylation sites is 1. The smallest absolute Gasteiger partial charge is 0.295 e. The number of nitrogens with zero attached hydrogens (tertiary/aromatic N) is 4. The number of Topliss-reactive ketones (excluding diaryl/α,β-unsaturated/α-hetero) is 1. The number of carbonyl (C=O) groups excluding carboxylic acids is 2. The van der Waals surface area contributed by atoms with Crippen LogP contribution in [0, 0.1) is 6.92 Å². The van der Waals surface area contributed by atoms with E-state index in [1.54, 1.807) is 16.8 Å². The van der Waals surface area contributed by atoms with Gasteiger partial charge in [0.1, 0.15) is 17.6 Å². The fourth-order valence-electron chi connectivity index (χ4n) is 4.76. The van der Waals surface area contributed by atoms with Crippen LogP contribution >= 0.6 is 0 Å². The van der Waals surface area contributed by atoms with Crippen LogP contribution in [0.1, 0.15) is 29.5 Å². The predicted octanol–water partition coefficient (Wildman–Crippen LogP) is 2.92. The van der Waals surface area contributed by atoms with E-state index in [0.717, 1.165) is 25.3 Å². The summed E-state index contributed by atoms with van der Waals surface area (Å²) < 4.78 is 12.7. The number of morpholine rings is 1. The summed E-state index contributed by atoms with van der Waals surface area (Å²) in [5, 5.41) is 15.7. The van der Waals surface area contributed by atoms with Gasteiger partial charge in [-0.2, -0.15) is 5.10 Å². The Labute approximate surface area is 203 Å². The van der Waals surface area contributed by atoms with Crippen molar-refractivity contribution in [2.45, 2.75) is 19.4 Å². The molecule has 182 valence electrons. The van der Waals surface area contributed by atoms with E-state index in [2.05, 4.69) is 10.00 Å². The highest BCUT2D eigenvalue weighted by Crippen LogP contribution is 2.40. The molecule has 0 unspecified atom stereocenters. The fourth-order valence-corrected chi connectivity index (χ4v) is 4.76. The first-order valence-electron chi connectivity index (χ1n) is 11.8. The third-order valence-corrected chi connectivity index (χ3v) is 6.60. The molecule has 1 aromatic carbocycles. The molecule has 5 rings (SSSR count). The zero-order valence-corrected chi connectivity index (χ0v) is 19.6. The van der Waals surface area contributed by atoms with Gasteiger partial charge in [-0.25, -0.2) is 4.68 Å². The Morgan fingerprint density at radius 2 is 1.86 bits per heavy atom. The number of likely N-dealkylation sites (tertiary alicyclic amines) is 1. The zero-order chi connectivity index (χ0) is 24.4. The Bertz CT molecular complexity index is 1230. The van der Waals surface area contributed by atoms with Crippen LogP contribution < -0.4 is 0 Å². The van der Waals surface area contributed by atoms with E-state index >= 15 is 0 Å². The topological polar surface area (TPSA) is 101 Å². The molecule has 0 aliphatic carbocycles. The highest BCUT2D eigenvalue weighted by atomic mass is 16.5. The molecule has 2 aliphatic heterocycles. The fraction of sp³-hybridized carbons (Fsp3) is 0.346. The highest BCUT2D eigenvalue weighted by molar-refractivity contribution is 6.46. The molecule has 2 saturated heterocycles. The van der Waals surface area contributed by atoms with Crippen LogP contribution in [0.3, 0.4) is 0 Å². The Balaban J connectivity index is 1.47. The number of hydrogen-bond donors (Lipinski definition) is 1. The first kappa shape index (κ1) is 23.1. The molecule has 3 aromatic rings. The maximum Gasteiger partial charge on any atom is 0.295 e. The number of aliphatic hydroxyl groups is 1. The summed E-state index contributed by atoms with van der Waals surface area (Å²) in [5.74, 6) is -1.17. The molecule has 2 aliphatic rings. The standard InChI is InChI=1S/C26H28N4O5/c1-18-20(17-27-30(18)19-7-3-2-4-8-19)24(31)22-23(21-9-5-14-35-21)29(26(33)25(22)32)11-6-10-28-12-15-34-16-13-28/h2-5,7-9,14,17,23,31H,6,10-13,15-16H2,1H3/b24-22+/t23-/m0/s1. The van der Waals surface area contributed by atoms with Gasteiger partial charge < -0.3 is 19.2 Å². The molecule has 9 nitrogen and oxygen atoms in total. The van der Waals surface area contributed by atoms with Crippen LogP contribution in [0.15, 0.2) is 64.9 Å². The minimum atomic E-state index is -0.797. The first-order valence-corrected chi connectivity index (χ1v) is 11.8. The van der Waals surface area contributed by atoms with Crippen molar-refractivity contribution >= 4 is 17.4 Å². The number of aromatic nitrogens is 2. The van der Waals surface area contributed by atoms with Crippen LogP contribution in [-0.2, 0) is 14.3 Å². The van der Waals surface area contributed by atoms with Gasteiger partial charge in [-0.1, -0.05) is 18.2 Å². The van der Waals surface area contributed by atoms with Crippen molar-refractivity contribution in [2.24, 2.45) is 0 Å². The van der Waals surface area contributed by atoms with Crippen molar-refractivity contribution < 1.29 is 23.8 Å². The van der Waals surface area contributed by atoms with Crippen molar-refractivity contribution in [2.75, 3.05) is 39.4 Å². The second-order valence-corrected chi connectivity index (χ2v) is 8.71. The molecule has 0 radical (unpaired) electrons. The van der Waals surface area contributed by atoms with Gasteiger partial charge in [0.25, 0.3) is 11.7 Å². The van der Waals surface area contributed by atoms with Crippen molar-refractivity contribution in [3.05, 3.63) is 77.5 Å². The molecule has 35 heavy (non-hydrogen) atoms. The molecule has 2 aromatic heterocycles. The molecule has 9 heteroatoms. The summed E-state index contributed by atoms with van der Waals surface area (Å²) in [5.41, 5.74) is 1.91. The Kier molecular flexibility index (Phi) is 6.52. The average Bonchev–Trinajstić information content (AvgIpc) is 3.60. The SMILES string of the molecule is Cc1c(/C(O)=C2\C(=O)C(=O)N(CCCN3CCOCC3)[C@H]2c2ccco2)cnn1-c1ccccc1. The normalized spacial score (nSPS) is 20.6. The van der Waals surface area contributed by atoms with E-state index in [0.29, 0.717) is 43.2 Å². The van der Waals surface area contributed by atoms with Crippen molar-refractivity contribution in [3.63, 3.8) is 0 Å². The molecule has 1 amide bonds. The molecule has 2 fully saturated rings. The minimum absolute atomic E-state index is 0.0204.